The van der Waals surface area contributed by atoms with Crippen LogP contribution in [0.5, 0.6) is 5.75 Å². The summed E-state index contributed by atoms with van der Waals surface area (Å²) in [5.74, 6) is 4.59. The van der Waals surface area contributed by atoms with Crippen molar-refractivity contribution in [2.45, 2.75) is 97.1 Å². The monoisotopic (exact) mass is 478 g/mol. The van der Waals surface area contributed by atoms with E-state index < -0.39 is 16.4 Å². The molecule has 3 atom stereocenters. The molecule has 0 saturated heterocycles. The van der Waals surface area contributed by atoms with Crippen molar-refractivity contribution in [3.05, 3.63) is 29.8 Å². The molecule has 1 N–H and O–H groups in total. The Morgan fingerprint density at radius 2 is 1.59 bits per heavy atom. The van der Waals surface area contributed by atoms with Crippen LogP contribution in [0.1, 0.15) is 46.1 Å². The standard InChI is InChI=1S/C26H46O4Si2/c1-21(12-11-17-31(6,7)8)18-24(30-32(9,10)26(2,3)4)25(19-27)29-20-22-13-15-23(28-5)16-14-22/h13-16,21,24-25,27H,12,18-20H2,1-10H3/t21-,24-,25+/m1/s1. The lowest BCUT2D eigenvalue weighted by molar-refractivity contribution is -0.0715. The molecule has 1 rings (SSSR count). The summed E-state index contributed by atoms with van der Waals surface area (Å²) in [6.45, 7) is 20.6. The Hall–Kier alpha value is -1.11. The summed E-state index contributed by atoms with van der Waals surface area (Å²) in [7, 11) is -1.75. The van der Waals surface area contributed by atoms with Crippen molar-refractivity contribution in [1.29, 1.82) is 0 Å². The van der Waals surface area contributed by atoms with Gasteiger partial charge in [0.15, 0.2) is 8.32 Å². The van der Waals surface area contributed by atoms with Gasteiger partial charge >= 0.3 is 0 Å². The van der Waals surface area contributed by atoms with Crippen molar-refractivity contribution < 1.29 is 19.0 Å². The quantitative estimate of drug-likeness (QED) is 0.301. The van der Waals surface area contributed by atoms with Gasteiger partial charge in [-0.3, -0.25) is 0 Å². The Kier molecular flexibility index (Phi) is 11.2. The molecule has 1 aromatic carbocycles. The van der Waals surface area contributed by atoms with Crippen LogP contribution in [-0.4, -0.2) is 47.4 Å². The van der Waals surface area contributed by atoms with Gasteiger partial charge in [-0.05, 0) is 48.2 Å². The molecule has 4 nitrogen and oxygen atoms in total. The predicted molar refractivity (Wildman–Crippen MR) is 140 cm³/mol. The molecule has 0 fully saturated rings. The third-order valence-electron chi connectivity index (χ3n) is 6.02. The van der Waals surface area contributed by atoms with E-state index >= 15 is 0 Å². The van der Waals surface area contributed by atoms with Crippen molar-refractivity contribution in [2.75, 3.05) is 13.7 Å². The van der Waals surface area contributed by atoms with Crippen LogP contribution in [0.4, 0.5) is 0 Å². The molecule has 0 aromatic heterocycles. The van der Waals surface area contributed by atoms with Gasteiger partial charge in [0.2, 0.25) is 0 Å². The van der Waals surface area contributed by atoms with Gasteiger partial charge in [0.1, 0.15) is 19.9 Å². The Morgan fingerprint density at radius 1 is 1.00 bits per heavy atom. The van der Waals surface area contributed by atoms with Gasteiger partial charge in [-0.1, -0.05) is 59.5 Å². The van der Waals surface area contributed by atoms with Crippen LogP contribution in [0.2, 0.25) is 37.8 Å². The normalized spacial score (nSPS) is 15.5. The predicted octanol–water partition coefficient (Wildman–Crippen LogP) is 6.26. The van der Waals surface area contributed by atoms with Gasteiger partial charge in [0, 0.05) is 6.42 Å². The third-order valence-corrected chi connectivity index (χ3v) is 11.4. The van der Waals surface area contributed by atoms with Crippen LogP contribution in [0.15, 0.2) is 24.3 Å². The fourth-order valence-electron chi connectivity index (χ4n) is 3.00. The maximum absolute atomic E-state index is 10.2. The van der Waals surface area contributed by atoms with Crippen LogP contribution in [0.3, 0.4) is 0 Å². The van der Waals surface area contributed by atoms with Crippen molar-refractivity contribution in [3.63, 3.8) is 0 Å². The zero-order chi connectivity index (χ0) is 24.6. The van der Waals surface area contributed by atoms with Gasteiger partial charge in [-0.25, -0.2) is 0 Å². The molecule has 6 heteroatoms. The lowest BCUT2D eigenvalue weighted by atomic mass is 9.97. The molecule has 0 spiro atoms. The van der Waals surface area contributed by atoms with Gasteiger partial charge in [-0.2, -0.15) is 0 Å². The Bertz CT molecular complexity index is 736. The molecule has 0 unspecified atom stereocenters. The number of benzene rings is 1. The second-order valence-electron chi connectivity index (χ2n) is 11.4. The lowest BCUT2D eigenvalue weighted by Gasteiger charge is -2.41. The summed E-state index contributed by atoms with van der Waals surface area (Å²) >= 11 is 0. The van der Waals surface area contributed by atoms with Gasteiger partial charge in [-0.15, -0.1) is 11.5 Å². The van der Waals surface area contributed by atoms with E-state index in [0.717, 1.165) is 24.2 Å². The van der Waals surface area contributed by atoms with Gasteiger partial charge in [0.25, 0.3) is 0 Å². The molecular formula is C26H46O4Si2. The molecule has 1 aromatic rings. The minimum Gasteiger partial charge on any atom is -0.497 e. The van der Waals surface area contributed by atoms with Crippen molar-refractivity contribution in [2.24, 2.45) is 5.92 Å². The second kappa shape index (κ2) is 12.4. The van der Waals surface area contributed by atoms with Gasteiger partial charge in [0.05, 0.1) is 26.4 Å². The van der Waals surface area contributed by atoms with Gasteiger partial charge < -0.3 is 19.0 Å². The maximum atomic E-state index is 10.2. The molecule has 0 radical (unpaired) electrons. The minimum atomic E-state index is -2.03. The molecule has 0 aliphatic carbocycles. The number of methoxy groups -OCH3 is 1. The van der Waals surface area contributed by atoms with E-state index in [1.54, 1.807) is 7.11 Å². The maximum Gasteiger partial charge on any atom is 0.192 e. The van der Waals surface area contributed by atoms with E-state index in [1.165, 1.54) is 0 Å². The lowest BCUT2D eigenvalue weighted by Crippen LogP contribution is -2.49. The highest BCUT2D eigenvalue weighted by atomic mass is 28.4. The van der Waals surface area contributed by atoms with E-state index in [9.17, 15) is 5.11 Å². The van der Waals surface area contributed by atoms with Crippen LogP contribution in [0, 0.1) is 17.4 Å². The number of hydrogen-bond acceptors (Lipinski definition) is 4. The highest BCUT2D eigenvalue weighted by molar-refractivity contribution is 6.83. The number of ether oxygens (including phenoxy) is 2. The fraction of sp³-hybridized carbons (Fsp3) is 0.692. The number of aliphatic hydroxyl groups is 1. The van der Waals surface area contributed by atoms with E-state index in [0.29, 0.717) is 12.5 Å². The minimum absolute atomic E-state index is 0.0667. The first-order valence-corrected chi connectivity index (χ1v) is 18.1. The van der Waals surface area contributed by atoms with E-state index in [2.05, 4.69) is 71.9 Å². The van der Waals surface area contributed by atoms with E-state index in [-0.39, 0.29) is 23.9 Å². The van der Waals surface area contributed by atoms with Crippen LogP contribution in [-0.2, 0) is 15.8 Å². The highest BCUT2D eigenvalue weighted by Crippen LogP contribution is 2.38. The largest absolute Gasteiger partial charge is 0.497 e. The average molecular weight is 479 g/mol. The number of aliphatic hydroxyl groups excluding tert-OH is 1. The molecule has 0 aliphatic heterocycles. The SMILES string of the molecule is COc1ccc(CO[C@@H](CO)[C@@H](C[C@H](C)CC#C[Si](C)(C)C)O[Si](C)(C)C(C)(C)C)cc1. The summed E-state index contributed by atoms with van der Waals surface area (Å²) in [6, 6.07) is 7.84. The molecule has 0 aliphatic rings. The van der Waals surface area contributed by atoms with Crippen molar-refractivity contribution >= 4 is 16.4 Å². The second-order valence-corrected chi connectivity index (χ2v) is 20.9. The number of rotatable bonds is 11. The van der Waals surface area contributed by atoms with Crippen molar-refractivity contribution in [3.8, 4) is 17.2 Å². The summed E-state index contributed by atoms with van der Waals surface area (Å²) in [5, 5.41) is 10.3. The smallest absolute Gasteiger partial charge is 0.192 e. The molecule has 182 valence electrons. The Morgan fingerprint density at radius 3 is 2.06 bits per heavy atom. The summed E-state index contributed by atoms with van der Waals surface area (Å²) in [5.41, 5.74) is 4.51. The molecular weight excluding hydrogens is 432 g/mol. The molecule has 0 bridgehead atoms. The van der Waals surface area contributed by atoms with E-state index in [1.807, 2.05) is 24.3 Å². The topological polar surface area (TPSA) is 47.9 Å². The number of hydrogen-bond donors (Lipinski definition) is 1. The third kappa shape index (κ3) is 10.2. The van der Waals surface area contributed by atoms with Crippen LogP contribution in [0.25, 0.3) is 0 Å². The van der Waals surface area contributed by atoms with Crippen LogP contribution < -0.4 is 4.74 Å². The first-order chi connectivity index (χ1) is 14.7. The highest BCUT2D eigenvalue weighted by Gasteiger charge is 2.41. The zero-order valence-corrected chi connectivity index (χ0v) is 24.0. The molecule has 0 heterocycles. The Balaban J connectivity index is 2.97. The summed E-state index contributed by atoms with van der Waals surface area (Å²) in [6.07, 6.45) is 1.13. The fourth-order valence-corrected chi connectivity index (χ4v) is 4.99. The van der Waals surface area contributed by atoms with Crippen molar-refractivity contribution in [1.82, 2.24) is 0 Å². The molecule has 0 amide bonds. The summed E-state index contributed by atoms with van der Waals surface area (Å²) < 4.78 is 18.2. The zero-order valence-electron chi connectivity index (χ0n) is 22.0. The summed E-state index contributed by atoms with van der Waals surface area (Å²) in [4.78, 5) is 0. The van der Waals surface area contributed by atoms with Crippen LogP contribution >= 0.6 is 0 Å². The first kappa shape index (κ1) is 28.9. The average Bonchev–Trinajstić information content (AvgIpc) is 2.66. The first-order valence-electron chi connectivity index (χ1n) is 11.7. The Labute approximate surface area is 199 Å². The molecule has 0 saturated carbocycles. The van der Waals surface area contributed by atoms with E-state index in [4.69, 9.17) is 13.9 Å². The molecule has 32 heavy (non-hydrogen) atoms.